The molecule has 0 heterocycles. The van der Waals surface area contributed by atoms with E-state index in [0.29, 0.717) is 13.0 Å². The van der Waals surface area contributed by atoms with Gasteiger partial charge in [-0.1, -0.05) is 20.3 Å². The number of ether oxygens (including phenoxy) is 2. The molecule has 0 saturated heterocycles. The van der Waals surface area contributed by atoms with Gasteiger partial charge in [0.2, 0.25) is 0 Å². The van der Waals surface area contributed by atoms with Crippen molar-refractivity contribution in [2.24, 2.45) is 5.92 Å². The smallest absolute Gasteiger partial charge is 0.331 e. The molecule has 0 aliphatic heterocycles. The highest BCUT2D eigenvalue weighted by Crippen LogP contribution is 2.21. The molecular formula is C15H26O5. The molecule has 0 aliphatic carbocycles. The summed E-state index contributed by atoms with van der Waals surface area (Å²) in [6.07, 6.45) is 4.51. The SMILES string of the molecule is CCCCOCC(C)CC(C)(C)OC(=O)/C=C/C(=O)O. The number of carbonyl (C=O) groups is 2. The molecular weight excluding hydrogens is 260 g/mol. The molecule has 0 rings (SSSR count). The molecule has 1 unspecified atom stereocenters. The van der Waals surface area contributed by atoms with E-state index in [0.717, 1.165) is 31.6 Å². The number of carbonyl (C=O) groups excluding carboxylic acids is 1. The Morgan fingerprint density at radius 3 is 2.50 bits per heavy atom. The van der Waals surface area contributed by atoms with Gasteiger partial charge in [-0.2, -0.15) is 0 Å². The summed E-state index contributed by atoms with van der Waals surface area (Å²) in [5.41, 5.74) is -0.645. The highest BCUT2D eigenvalue weighted by atomic mass is 16.6. The third-order valence-electron chi connectivity index (χ3n) is 2.62. The van der Waals surface area contributed by atoms with Crippen LogP contribution in [0.1, 0.15) is 47.0 Å². The number of rotatable bonds is 10. The standard InChI is InChI=1S/C15H26O5/c1-5-6-9-19-11-12(2)10-15(3,4)20-14(18)8-7-13(16)17/h7-8,12H,5-6,9-11H2,1-4H3,(H,16,17)/b8-7+. The lowest BCUT2D eigenvalue weighted by atomic mass is 9.95. The zero-order valence-corrected chi connectivity index (χ0v) is 12.8. The molecule has 0 bridgehead atoms. The van der Waals surface area contributed by atoms with Gasteiger partial charge < -0.3 is 14.6 Å². The van der Waals surface area contributed by atoms with Crippen LogP contribution in [0.4, 0.5) is 0 Å². The van der Waals surface area contributed by atoms with E-state index in [9.17, 15) is 9.59 Å². The fourth-order valence-corrected chi connectivity index (χ4v) is 1.92. The number of carboxylic acid groups (broad SMARTS) is 1. The second kappa shape index (κ2) is 9.53. The van der Waals surface area contributed by atoms with E-state index in [1.54, 1.807) is 0 Å². The first-order valence-electron chi connectivity index (χ1n) is 6.98. The average Bonchev–Trinajstić information content (AvgIpc) is 2.31. The van der Waals surface area contributed by atoms with E-state index in [1.165, 1.54) is 0 Å². The van der Waals surface area contributed by atoms with Crippen LogP contribution in [0, 0.1) is 5.92 Å². The summed E-state index contributed by atoms with van der Waals surface area (Å²) in [6.45, 7) is 9.15. The molecule has 0 radical (unpaired) electrons. The van der Waals surface area contributed by atoms with E-state index < -0.39 is 17.5 Å². The van der Waals surface area contributed by atoms with Gasteiger partial charge in [-0.25, -0.2) is 9.59 Å². The summed E-state index contributed by atoms with van der Waals surface area (Å²) in [5.74, 6) is -1.55. The minimum absolute atomic E-state index is 0.262. The van der Waals surface area contributed by atoms with Gasteiger partial charge in [0.05, 0.1) is 0 Å². The number of hydrogen-bond acceptors (Lipinski definition) is 4. The normalized spacial score (nSPS) is 13.4. The first-order valence-corrected chi connectivity index (χ1v) is 6.98. The lowest BCUT2D eigenvalue weighted by Gasteiger charge is -2.27. The van der Waals surface area contributed by atoms with Gasteiger partial charge >= 0.3 is 11.9 Å². The topological polar surface area (TPSA) is 72.8 Å². The van der Waals surface area contributed by atoms with Crippen molar-refractivity contribution in [3.8, 4) is 0 Å². The van der Waals surface area contributed by atoms with E-state index in [1.807, 2.05) is 20.8 Å². The van der Waals surface area contributed by atoms with Crippen molar-refractivity contribution in [1.29, 1.82) is 0 Å². The Hall–Kier alpha value is -1.36. The monoisotopic (exact) mass is 286 g/mol. The first-order chi connectivity index (χ1) is 9.26. The maximum atomic E-state index is 11.4. The van der Waals surface area contributed by atoms with Crippen LogP contribution in [0.5, 0.6) is 0 Å². The summed E-state index contributed by atoms with van der Waals surface area (Å²) in [5, 5.41) is 8.44. The lowest BCUT2D eigenvalue weighted by molar-refractivity contribution is -0.152. The van der Waals surface area contributed by atoms with Gasteiger partial charge in [-0.3, -0.25) is 0 Å². The van der Waals surface area contributed by atoms with Crippen molar-refractivity contribution in [1.82, 2.24) is 0 Å². The van der Waals surface area contributed by atoms with Gasteiger partial charge in [0.1, 0.15) is 5.60 Å². The molecule has 1 atom stereocenters. The van der Waals surface area contributed by atoms with Crippen LogP contribution in [0.2, 0.25) is 0 Å². The Balaban J connectivity index is 4.09. The Labute approximate surface area is 121 Å². The minimum Gasteiger partial charge on any atom is -0.478 e. The summed E-state index contributed by atoms with van der Waals surface area (Å²) < 4.78 is 10.8. The van der Waals surface area contributed by atoms with Crippen molar-refractivity contribution < 1.29 is 24.2 Å². The molecule has 0 spiro atoms. The van der Waals surface area contributed by atoms with Crippen LogP contribution in [0.3, 0.4) is 0 Å². The van der Waals surface area contributed by atoms with Crippen molar-refractivity contribution in [3.63, 3.8) is 0 Å². The largest absolute Gasteiger partial charge is 0.478 e. The highest BCUT2D eigenvalue weighted by molar-refractivity contribution is 5.90. The zero-order valence-electron chi connectivity index (χ0n) is 12.8. The maximum absolute atomic E-state index is 11.4. The van der Waals surface area contributed by atoms with Gasteiger partial charge in [0, 0.05) is 25.4 Å². The van der Waals surface area contributed by atoms with Crippen molar-refractivity contribution in [3.05, 3.63) is 12.2 Å². The van der Waals surface area contributed by atoms with Crippen LogP contribution >= 0.6 is 0 Å². The van der Waals surface area contributed by atoms with Crippen LogP contribution in [0.15, 0.2) is 12.2 Å². The summed E-state index contributed by atoms with van der Waals surface area (Å²) in [7, 11) is 0. The van der Waals surface area contributed by atoms with Crippen LogP contribution in [-0.2, 0) is 19.1 Å². The number of hydrogen-bond donors (Lipinski definition) is 1. The molecule has 0 aromatic rings. The van der Waals surface area contributed by atoms with E-state index >= 15 is 0 Å². The molecule has 0 saturated carbocycles. The fourth-order valence-electron chi connectivity index (χ4n) is 1.92. The van der Waals surface area contributed by atoms with Crippen molar-refractivity contribution >= 4 is 11.9 Å². The summed E-state index contributed by atoms with van der Waals surface area (Å²) >= 11 is 0. The molecule has 0 aliphatic rings. The van der Waals surface area contributed by atoms with E-state index in [-0.39, 0.29) is 5.92 Å². The molecule has 116 valence electrons. The van der Waals surface area contributed by atoms with Crippen molar-refractivity contribution in [2.75, 3.05) is 13.2 Å². The fraction of sp³-hybridized carbons (Fsp3) is 0.733. The molecule has 0 amide bonds. The second-order valence-corrected chi connectivity index (χ2v) is 5.59. The number of aliphatic carboxylic acids is 1. The molecule has 1 N–H and O–H groups in total. The van der Waals surface area contributed by atoms with E-state index in [4.69, 9.17) is 14.6 Å². The predicted octanol–water partition coefficient (Wildman–Crippen LogP) is 2.79. The van der Waals surface area contributed by atoms with Gasteiger partial charge in [-0.05, 0) is 32.6 Å². The van der Waals surface area contributed by atoms with Gasteiger partial charge in [0.25, 0.3) is 0 Å². The Morgan fingerprint density at radius 1 is 1.30 bits per heavy atom. The molecule has 5 nitrogen and oxygen atoms in total. The molecule has 0 fully saturated rings. The van der Waals surface area contributed by atoms with E-state index in [2.05, 4.69) is 6.92 Å². The summed E-state index contributed by atoms with van der Waals surface area (Å²) in [6, 6.07) is 0. The lowest BCUT2D eigenvalue weighted by Crippen LogP contribution is -2.30. The third-order valence-corrected chi connectivity index (χ3v) is 2.62. The Bertz CT molecular complexity index is 333. The van der Waals surface area contributed by atoms with Crippen molar-refractivity contribution in [2.45, 2.75) is 52.6 Å². The quantitative estimate of drug-likeness (QED) is 0.380. The first kappa shape index (κ1) is 18.6. The average molecular weight is 286 g/mol. The molecule has 0 aromatic heterocycles. The predicted molar refractivity (Wildman–Crippen MR) is 76.5 cm³/mol. The maximum Gasteiger partial charge on any atom is 0.331 e. The Morgan fingerprint density at radius 2 is 1.95 bits per heavy atom. The molecule has 0 aromatic carbocycles. The van der Waals surface area contributed by atoms with Crippen LogP contribution in [-0.4, -0.2) is 35.9 Å². The van der Waals surface area contributed by atoms with Gasteiger partial charge in [-0.15, -0.1) is 0 Å². The molecule has 20 heavy (non-hydrogen) atoms. The number of unbranched alkanes of at least 4 members (excludes halogenated alkanes) is 1. The van der Waals surface area contributed by atoms with Crippen LogP contribution < -0.4 is 0 Å². The second-order valence-electron chi connectivity index (χ2n) is 5.59. The minimum atomic E-state index is -1.17. The number of esters is 1. The Kier molecular flexibility index (Phi) is 8.88. The molecule has 5 heteroatoms. The van der Waals surface area contributed by atoms with Gasteiger partial charge in [0.15, 0.2) is 0 Å². The zero-order chi connectivity index (χ0) is 15.6. The highest BCUT2D eigenvalue weighted by Gasteiger charge is 2.24. The summed E-state index contributed by atoms with van der Waals surface area (Å²) in [4.78, 5) is 21.7. The van der Waals surface area contributed by atoms with Crippen LogP contribution in [0.25, 0.3) is 0 Å². The third kappa shape index (κ3) is 10.6. The number of carboxylic acids is 1.